The third kappa shape index (κ3) is 3.35. The SMILES string of the molecule is CCn1nc(CNC(=O)[C@@H]2COc3cc(OC)ccc3C2)c2ccccc21. The molecule has 140 valence electrons. The molecule has 1 N–H and O–H groups in total. The van der Waals surface area contributed by atoms with Gasteiger partial charge in [-0.05, 0) is 31.0 Å². The molecule has 0 radical (unpaired) electrons. The maximum atomic E-state index is 12.7. The molecule has 27 heavy (non-hydrogen) atoms. The van der Waals surface area contributed by atoms with E-state index in [9.17, 15) is 4.79 Å². The molecule has 0 fully saturated rings. The number of amides is 1. The Hall–Kier alpha value is -3.02. The molecular weight excluding hydrogens is 342 g/mol. The van der Waals surface area contributed by atoms with Crippen molar-refractivity contribution in [2.45, 2.75) is 26.4 Å². The Morgan fingerprint density at radius 2 is 2.19 bits per heavy atom. The molecule has 6 heteroatoms. The Balaban J connectivity index is 1.44. The molecule has 0 saturated heterocycles. The van der Waals surface area contributed by atoms with E-state index in [4.69, 9.17) is 9.47 Å². The van der Waals surface area contributed by atoms with Gasteiger partial charge in [-0.3, -0.25) is 9.48 Å². The molecule has 0 unspecified atom stereocenters. The average molecular weight is 365 g/mol. The summed E-state index contributed by atoms with van der Waals surface area (Å²) in [6, 6.07) is 13.8. The highest BCUT2D eigenvalue weighted by atomic mass is 16.5. The lowest BCUT2D eigenvalue weighted by molar-refractivity contribution is -0.126. The molecule has 1 amide bonds. The van der Waals surface area contributed by atoms with Crippen molar-refractivity contribution in [1.82, 2.24) is 15.1 Å². The van der Waals surface area contributed by atoms with Gasteiger partial charge in [-0.25, -0.2) is 0 Å². The van der Waals surface area contributed by atoms with Crippen LogP contribution in [0, 0.1) is 5.92 Å². The average Bonchev–Trinajstić information content (AvgIpc) is 3.09. The van der Waals surface area contributed by atoms with Crippen LogP contribution in [0.25, 0.3) is 10.9 Å². The summed E-state index contributed by atoms with van der Waals surface area (Å²) in [6.07, 6.45) is 0.662. The number of para-hydroxylation sites is 1. The Kier molecular flexibility index (Phi) is 4.71. The fraction of sp³-hybridized carbons (Fsp3) is 0.333. The van der Waals surface area contributed by atoms with Crippen molar-refractivity contribution in [3.63, 3.8) is 0 Å². The van der Waals surface area contributed by atoms with Crippen LogP contribution in [0.4, 0.5) is 0 Å². The lowest BCUT2D eigenvalue weighted by Gasteiger charge is -2.24. The van der Waals surface area contributed by atoms with Gasteiger partial charge < -0.3 is 14.8 Å². The number of hydrogen-bond donors (Lipinski definition) is 1. The van der Waals surface area contributed by atoms with E-state index in [2.05, 4.69) is 23.4 Å². The molecule has 1 atom stereocenters. The van der Waals surface area contributed by atoms with Crippen LogP contribution in [-0.2, 0) is 24.3 Å². The summed E-state index contributed by atoms with van der Waals surface area (Å²) in [6.45, 7) is 3.65. The molecule has 0 spiro atoms. The number of aryl methyl sites for hydroxylation is 1. The summed E-state index contributed by atoms with van der Waals surface area (Å²) in [5.41, 5.74) is 3.01. The second-order valence-electron chi connectivity index (χ2n) is 6.68. The van der Waals surface area contributed by atoms with E-state index >= 15 is 0 Å². The molecule has 6 nitrogen and oxygen atoms in total. The van der Waals surface area contributed by atoms with Crippen molar-refractivity contribution >= 4 is 16.8 Å². The highest BCUT2D eigenvalue weighted by molar-refractivity contribution is 5.83. The fourth-order valence-electron chi connectivity index (χ4n) is 3.53. The predicted molar refractivity (Wildman–Crippen MR) is 103 cm³/mol. The van der Waals surface area contributed by atoms with E-state index in [-0.39, 0.29) is 11.8 Å². The van der Waals surface area contributed by atoms with Crippen molar-refractivity contribution in [3.8, 4) is 11.5 Å². The molecule has 4 rings (SSSR count). The first-order valence-electron chi connectivity index (χ1n) is 9.21. The number of nitrogens with zero attached hydrogens (tertiary/aromatic N) is 2. The van der Waals surface area contributed by atoms with Gasteiger partial charge in [0.15, 0.2) is 0 Å². The molecule has 1 aliphatic heterocycles. The van der Waals surface area contributed by atoms with Gasteiger partial charge in [0.05, 0.1) is 30.8 Å². The zero-order valence-corrected chi connectivity index (χ0v) is 15.6. The number of carbonyl (C=O) groups excluding carboxylic acids is 1. The fourth-order valence-corrected chi connectivity index (χ4v) is 3.53. The van der Waals surface area contributed by atoms with E-state index in [0.29, 0.717) is 19.6 Å². The summed E-state index contributed by atoms with van der Waals surface area (Å²) in [5.74, 6) is 1.35. The van der Waals surface area contributed by atoms with E-state index in [0.717, 1.165) is 40.2 Å². The molecule has 2 heterocycles. The lowest BCUT2D eigenvalue weighted by Crippen LogP contribution is -2.37. The molecule has 2 aromatic carbocycles. The third-order valence-electron chi connectivity index (χ3n) is 5.02. The zero-order valence-electron chi connectivity index (χ0n) is 15.6. The van der Waals surface area contributed by atoms with Gasteiger partial charge in [0.25, 0.3) is 0 Å². The van der Waals surface area contributed by atoms with E-state index in [1.807, 2.05) is 41.1 Å². The van der Waals surface area contributed by atoms with Crippen LogP contribution in [0.5, 0.6) is 11.5 Å². The minimum atomic E-state index is -0.203. The van der Waals surface area contributed by atoms with Gasteiger partial charge in [0, 0.05) is 18.0 Å². The van der Waals surface area contributed by atoms with Crippen molar-refractivity contribution in [2.24, 2.45) is 5.92 Å². The first kappa shape index (κ1) is 17.4. The first-order chi connectivity index (χ1) is 13.2. The second kappa shape index (κ2) is 7.31. The Bertz CT molecular complexity index is 980. The maximum Gasteiger partial charge on any atom is 0.227 e. The largest absolute Gasteiger partial charge is 0.497 e. The number of methoxy groups -OCH3 is 1. The smallest absolute Gasteiger partial charge is 0.227 e. The number of rotatable bonds is 5. The van der Waals surface area contributed by atoms with Gasteiger partial charge in [0.2, 0.25) is 5.91 Å². The summed E-state index contributed by atoms with van der Waals surface area (Å²) >= 11 is 0. The lowest BCUT2D eigenvalue weighted by atomic mass is 9.96. The molecule has 0 aliphatic carbocycles. The summed E-state index contributed by atoms with van der Waals surface area (Å²) in [5, 5.41) is 8.75. The van der Waals surface area contributed by atoms with Crippen LogP contribution in [0.2, 0.25) is 0 Å². The van der Waals surface area contributed by atoms with Crippen LogP contribution in [-0.4, -0.2) is 29.4 Å². The summed E-state index contributed by atoms with van der Waals surface area (Å²) < 4.78 is 13.0. The van der Waals surface area contributed by atoms with Crippen molar-refractivity contribution in [2.75, 3.05) is 13.7 Å². The number of benzene rings is 2. The molecular formula is C21H23N3O3. The van der Waals surface area contributed by atoms with Crippen molar-refractivity contribution in [3.05, 3.63) is 53.7 Å². The van der Waals surface area contributed by atoms with Crippen molar-refractivity contribution in [1.29, 1.82) is 0 Å². The summed E-state index contributed by atoms with van der Waals surface area (Å²) in [7, 11) is 1.63. The topological polar surface area (TPSA) is 65.4 Å². The minimum Gasteiger partial charge on any atom is -0.497 e. The maximum absolute atomic E-state index is 12.7. The molecule has 1 aromatic heterocycles. The Morgan fingerprint density at radius 3 is 3.00 bits per heavy atom. The van der Waals surface area contributed by atoms with Gasteiger partial charge >= 0.3 is 0 Å². The van der Waals surface area contributed by atoms with Gasteiger partial charge in [-0.1, -0.05) is 24.3 Å². The third-order valence-corrected chi connectivity index (χ3v) is 5.02. The number of aromatic nitrogens is 2. The standard InChI is InChI=1S/C21H23N3O3/c1-3-24-19-7-5-4-6-17(19)18(23-24)12-22-21(25)15-10-14-8-9-16(26-2)11-20(14)27-13-15/h4-9,11,15H,3,10,12-13H2,1-2H3,(H,22,25)/t15-/m0/s1. The summed E-state index contributed by atoms with van der Waals surface area (Å²) in [4.78, 5) is 12.7. The van der Waals surface area contributed by atoms with E-state index < -0.39 is 0 Å². The predicted octanol–water partition coefficient (Wildman–Crippen LogP) is 2.93. The monoisotopic (exact) mass is 365 g/mol. The normalized spacial score (nSPS) is 15.9. The molecule has 0 saturated carbocycles. The van der Waals surface area contributed by atoms with Crippen molar-refractivity contribution < 1.29 is 14.3 Å². The number of ether oxygens (including phenoxy) is 2. The van der Waals surface area contributed by atoms with Crippen LogP contribution in [0.1, 0.15) is 18.2 Å². The number of nitrogens with one attached hydrogen (secondary N) is 1. The van der Waals surface area contributed by atoms with Gasteiger partial charge in [-0.15, -0.1) is 0 Å². The Labute approximate surface area is 158 Å². The van der Waals surface area contributed by atoms with Gasteiger partial charge in [-0.2, -0.15) is 5.10 Å². The van der Waals surface area contributed by atoms with Crippen LogP contribution < -0.4 is 14.8 Å². The minimum absolute atomic E-state index is 0.00778. The number of fused-ring (bicyclic) bond motifs is 2. The second-order valence-corrected chi connectivity index (χ2v) is 6.68. The van der Waals surface area contributed by atoms with Gasteiger partial charge in [0.1, 0.15) is 18.1 Å². The first-order valence-corrected chi connectivity index (χ1v) is 9.21. The van der Waals surface area contributed by atoms with E-state index in [1.165, 1.54) is 0 Å². The van der Waals surface area contributed by atoms with Crippen LogP contribution in [0.3, 0.4) is 0 Å². The Morgan fingerprint density at radius 1 is 1.33 bits per heavy atom. The van der Waals surface area contributed by atoms with E-state index in [1.54, 1.807) is 7.11 Å². The number of hydrogen-bond acceptors (Lipinski definition) is 4. The highest BCUT2D eigenvalue weighted by Gasteiger charge is 2.26. The molecule has 1 aliphatic rings. The van der Waals surface area contributed by atoms with Crippen LogP contribution >= 0.6 is 0 Å². The zero-order chi connectivity index (χ0) is 18.8. The number of carbonyl (C=O) groups is 1. The van der Waals surface area contributed by atoms with Crippen LogP contribution in [0.15, 0.2) is 42.5 Å². The molecule has 0 bridgehead atoms. The highest BCUT2D eigenvalue weighted by Crippen LogP contribution is 2.31. The quantitative estimate of drug-likeness (QED) is 0.755. The molecule has 3 aromatic rings.